The molecule has 0 radical (unpaired) electrons. The van der Waals surface area contributed by atoms with Crippen molar-refractivity contribution in [1.82, 2.24) is 15.5 Å². The van der Waals surface area contributed by atoms with Crippen LogP contribution in [0.25, 0.3) is 0 Å². The molecule has 2 atom stereocenters. The molecule has 1 amide bonds. The Bertz CT molecular complexity index is 384. The van der Waals surface area contributed by atoms with Crippen molar-refractivity contribution in [3.05, 3.63) is 0 Å². The van der Waals surface area contributed by atoms with Crippen LogP contribution in [0.2, 0.25) is 0 Å². The Kier molecular flexibility index (Phi) is 10.3. The second-order valence-corrected chi connectivity index (χ2v) is 7.27. The van der Waals surface area contributed by atoms with Gasteiger partial charge in [0.25, 0.3) is 0 Å². The second-order valence-electron chi connectivity index (χ2n) is 6.12. The first-order chi connectivity index (χ1) is 10.6. The van der Waals surface area contributed by atoms with E-state index in [0.717, 1.165) is 37.9 Å². The lowest BCUT2D eigenvalue weighted by Gasteiger charge is -2.25. The van der Waals surface area contributed by atoms with Gasteiger partial charge in [-0.3, -0.25) is 4.79 Å². The maximum absolute atomic E-state index is 11.7. The number of hydrogen-bond donors (Lipinski definition) is 2. The number of hydrogen-bond acceptors (Lipinski definition) is 4. The minimum absolute atomic E-state index is 0. The molecule has 2 aliphatic rings. The summed E-state index contributed by atoms with van der Waals surface area (Å²) in [5, 5.41) is 6.86. The third-order valence-electron chi connectivity index (χ3n) is 3.95. The zero-order chi connectivity index (χ0) is 15.8. The first-order valence-electron chi connectivity index (χ1n) is 8.05. The van der Waals surface area contributed by atoms with Gasteiger partial charge in [-0.15, -0.1) is 24.0 Å². The highest BCUT2D eigenvalue weighted by molar-refractivity contribution is 14.0. The molecule has 0 aromatic rings. The van der Waals surface area contributed by atoms with Crippen molar-refractivity contribution in [2.75, 3.05) is 51.9 Å². The predicted octanol–water partition coefficient (Wildman–Crippen LogP) is 1.16. The van der Waals surface area contributed by atoms with Gasteiger partial charge >= 0.3 is 0 Å². The van der Waals surface area contributed by atoms with Gasteiger partial charge < -0.3 is 20.3 Å². The van der Waals surface area contributed by atoms with Crippen molar-refractivity contribution in [2.24, 2.45) is 10.9 Å². The van der Waals surface area contributed by atoms with E-state index >= 15 is 0 Å². The Morgan fingerprint density at radius 1 is 1.39 bits per heavy atom. The fraction of sp³-hybridized carbons (Fsp3) is 0.867. The number of rotatable bonds is 5. The summed E-state index contributed by atoms with van der Waals surface area (Å²) in [7, 11) is 3.51. The molecule has 0 spiro atoms. The van der Waals surface area contributed by atoms with Crippen molar-refractivity contribution < 1.29 is 9.53 Å². The standard InChI is InChI=1S/C15H28N4O2S.HI/c1-19(2)14(20)9-17-15(16-8-12-5-6-21-10-12)18-13-4-3-7-22-11-13;/h12-13H,3-11H2,1-2H3,(H2,16,17,18);1H. The van der Waals surface area contributed by atoms with Crippen LogP contribution in [0, 0.1) is 5.92 Å². The Balaban J connectivity index is 0.00000264. The van der Waals surface area contributed by atoms with Gasteiger partial charge in [0.15, 0.2) is 5.96 Å². The minimum Gasteiger partial charge on any atom is -0.381 e. The van der Waals surface area contributed by atoms with Crippen molar-refractivity contribution in [2.45, 2.75) is 25.3 Å². The monoisotopic (exact) mass is 456 g/mol. The van der Waals surface area contributed by atoms with E-state index in [1.165, 1.54) is 18.6 Å². The van der Waals surface area contributed by atoms with Gasteiger partial charge in [0.2, 0.25) is 5.91 Å². The van der Waals surface area contributed by atoms with Crippen LogP contribution in [-0.2, 0) is 9.53 Å². The predicted molar refractivity (Wildman–Crippen MR) is 107 cm³/mol. The molecule has 0 bridgehead atoms. The van der Waals surface area contributed by atoms with E-state index in [2.05, 4.69) is 15.6 Å². The number of nitrogens with one attached hydrogen (secondary N) is 2. The van der Waals surface area contributed by atoms with Gasteiger partial charge in [-0.2, -0.15) is 11.8 Å². The van der Waals surface area contributed by atoms with E-state index in [-0.39, 0.29) is 36.4 Å². The van der Waals surface area contributed by atoms with E-state index in [1.807, 2.05) is 11.8 Å². The fourth-order valence-electron chi connectivity index (χ4n) is 2.47. The zero-order valence-corrected chi connectivity index (χ0v) is 17.2. The van der Waals surface area contributed by atoms with Crippen LogP contribution >= 0.6 is 35.7 Å². The van der Waals surface area contributed by atoms with E-state index in [9.17, 15) is 4.79 Å². The lowest BCUT2D eigenvalue weighted by Crippen LogP contribution is -2.47. The summed E-state index contributed by atoms with van der Waals surface area (Å²) in [6.07, 6.45) is 3.50. The van der Waals surface area contributed by atoms with Crippen LogP contribution in [0.1, 0.15) is 19.3 Å². The average molecular weight is 456 g/mol. The number of guanidine groups is 1. The molecule has 6 nitrogen and oxygen atoms in total. The summed E-state index contributed by atoms with van der Waals surface area (Å²) in [5.41, 5.74) is 0. The van der Waals surface area contributed by atoms with Crippen LogP contribution in [0.5, 0.6) is 0 Å². The van der Waals surface area contributed by atoms with Gasteiger partial charge in [0, 0.05) is 45.0 Å². The number of aliphatic imine (C=N–C) groups is 1. The highest BCUT2D eigenvalue weighted by Crippen LogP contribution is 2.16. The molecule has 8 heteroatoms. The molecule has 2 unspecified atom stereocenters. The molecule has 0 saturated carbocycles. The van der Waals surface area contributed by atoms with Gasteiger partial charge in [0.1, 0.15) is 6.54 Å². The summed E-state index contributed by atoms with van der Waals surface area (Å²) in [6, 6.07) is 0.444. The molecule has 23 heavy (non-hydrogen) atoms. The molecule has 2 aliphatic heterocycles. The third-order valence-corrected chi connectivity index (χ3v) is 5.17. The second kappa shape index (κ2) is 11.4. The van der Waals surface area contributed by atoms with Crippen LogP contribution in [0.15, 0.2) is 4.99 Å². The van der Waals surface area contributed by atoms with E-state index in [4.69, 9.17) is 4.74 Å². The minimum atomic E-state index is 0. The van der Waals surface area contributed by atoms with Gasteiger partial charge in [-0.25, -0.2) is 4.99 Å². The largest absolute Gasteiger partial charge is 0.381 e. The summed E-state index contributed by atoms with van der Waals surface area (Å²) >= 11 is 1.98. The van der Waals surface area contributed by atoms with Crippen molar-refractivity contribution >= 4 is 47.6 Å². The Morgan fingerprint density at radius 2 is 2.22 bits per heavy atom. The van der Waals surface area contributed by atoms with Crippen LogP contribution < -0.4 is 10.6 Å². The molecule has 2 rings (SSSR count). The number of nitrogens with zero attached hydrogens (tertiary/aromatic N) is 2. The van der Waals surface area contributed by atoms with Crippen LogP contribution in [-0.4, -0.2) is 74.7 Å². The average Bonchev–Trinajstić information content (AvgIpc) is 3.04. The van der Waals surface area contributed by atoms with Gasteiger partial charge in [-0.1, -0.05) is 0 Å². The lowest BCUT2D eigenvalue weighted by molar-refractivity contribution is -0.127. The van der Waals surface area contributed by atoms with Gasteiger partial charge in [0.05, 0.1) is 6.61 Å². The Morgan fingerprint density at radius 3 is 2.83 bits per heavy atom. The fourth-order valence-corrected chi connectivity index (χ4v) is 3.55. The molecular weight excluding hydrogens is 427 g/mol. The molecule has 134 valence electrons. The zero-order valence-electron chi connectivity index (χ0n) is 14.0. The van der Waals surface area contributed by atoms with Crippen molar-refractivity contribution in [1.29, 1.82) is 0 Å². The number of carbonyl (C=O) groups excluding carboxylic acids is 1. The molecular formula is C15H29IN4O2S. The maximum Gasteiger partial charge on any atom is 0.243 e. The summed E-state index contributed by atoms with van der Waals surface area (Å²) in [5.74, 6) is 3.67. The third kappa shape index (κ3) is 7.93. The number of thioether (sulfide) groups is 1. The maximum atomic E-state index is 11.7. The Hall–Kier alpha value is -0.220. The van der Waals surface area contributed by atoms with E-state index in [1.54, 1.807) is 19.0 Å². The first kappa shape index (κ1) is 20.8. The molecule has 0 aliphatic carbocycles. The van der Waals surface area contributed by atoms with E-state index < -0.39 is 0 Å². The summed E-state index contributed by atoms with van der Waals surface area (Å²) in [6.45, 7) is 2.70. The van der Waals surface area contributed by atoms with E-state index in [0.29, 0.717) is 12.0 Å². The summed E-state index contributed by atoms with van der Waals surface area (Å²) < 4.78 is 5.40. The number of ether oxygens (including phenoxy) is 1. The SMILES string of the molecule is CN(C)C(=O)CN=C(NCC1CCOC1)NC1CCCSC1.I. The quantitative estimate of drug-likeness (QED) is 0.370. The first-order valence-corrected chi connectivity index (χ1v) is 9.21. The smallest absolute Gasteiger partial charge is 0.243 e. The van der Waals surface area contributed by atoms with Crippen LogP contribution in [0.3, 0.4) is 0 Å². The van der Waals surface area contributed by atoms with Gasteiger partial charge in [-0.05, 0) is 25.0 Å². The number of carbonyl (C=O) groups is 1. The molecule has 0 aromatic heterocycles. The highest BCUT2D eigenvalue weighted by Gasteiger charge is 2.18. The number of likely N-dealkylation sites (N-methyl/N-ethyl adjacent to an activating group) is 1. The Labute approximate surface area is 160 Å². The molecule has 2 heterocycles. The molecule has 0 aromatic carbocycles. The molecule has 2 N–H and O–H groups in total. The number of amides is 1. The summed E-state index contributed by atoms with van der Waals surface area (Å²) in [4.78, 5) is 17.8. The normalized spacial score (nSPS) is 24.7. The van der Waals surface area contributed by atoms with Crippen molar-refractivity contribution in [3.63, 3.8) is 0 Å². The lowest BCUT2D eigenvalue weighted by atomic mass is 10.1. The number of halogens is 1. The van der Waals surface area contributed by atoms with Crippen LogP contribution in [0.4, 0.5) is 0 Å². The van der Waals surface area contributed by atoms with Crippen molar-refractivity contribution in [3.8, 4) is 0 Å². The topological polar surface area (TPSA) is 66.0 Å². The molecule has 2 saturated heterocycles. The highest BCUT2D eigenvalue weighted by atomic mass is 127. The molecule has 2 fully saturated rings.